The van der Waals surface area contributed by atoms with Crippen molar-refractivity contribution < 1.29 is 57.0 Å². The van der Waals surface area contributed by atoms with Gasteiger partial charge in [-0.15, -0.1) is 0 Å². The van der Waals surface area contributed by atoms with Crippen molar-refractivity contribution in [1.29, 1.82) is 0 Å². The third-order valence-electron chi connectivity index (χ3n) is 4.22. The Labute approximate surface area is 170 Å². The second kappa shape index (κ2) is 11.2. The number of quaternary nitrogens is 1. The molecule has 0 aromatic carbocycles. The van der Waals surface area contributed by atoms with Crippen LogP contribution in [0.5, 0.6) is 0 Å². The molecular formula is C16H28F9NO3S. The number of hydrogen-bond acceptors (Lipinski definition) is 3. The fraction of sp³-hybridized carbons (Fsp3) is 1.00. The van der Waals surface area contributed by atoms with Gasteiger partial charge in [-0.05, 0) is 25.7 Å². The van der Waals surface area contributed by atoms with Crippen LogP contribution >= 0.6 is 0 Å². The zero-order valence-corrected chi connectivity index (χ0v) is 18.0. The summed E-state index contributed by atoms with van der Waals surface area (Å²) in [5.41, 5.74) is 0. The van der Waals surface area contributed by atoms with Crippen LogP contribution in [0.1, 0.15) is 53.4 Å². The van der Waals surface area contributed by atoms with E-state index in [-0.39, 0.29) is 0 Å². The SMILES string of the molecule is CCC[N+](CCC)(CCC)CCC.O=S(=O)([O-])C(F)(F)C(F)(F)C(F)(F)C(F)(F)F. The lowest BCUT2D eigenvalue weighted by atomic mass is 10.1. The quantitative estimate of drug-likeness (QED) is 0.224. The predicted molar refractivity (Wildman–Crippen MR) is 91.5 cm³/mol. The van der Waals surface area contributed by atoms with Gasteiger partial charge >= 0.3 is 23.3 Å². The molecule has 30 heavy (non-hydrogen) atoms. The molecule has 0 atom stereocenters. The maximum Gasteiger partial charge on any atom is 0.460 e. The molecule has 0 unspecified atom stereocenters. The highest BCUT2D eigenvalue weighted by Crippen LogP contribution is 2.54. The molecule has 0 heterocycles. The molecule has 0 saturated carbocycles. The van der Waals surface area contributed by atoms with Crippen LogP contribution in [0, 0.1) is 0 Å². The van der Waals surface area contributed by atoms with E-state index in [1.807, 2.05) is 0 Å². The molecule has 0 rings (SSSR count). The van der Waals surface area contributed by atoms with Crippen molar-refractivity contribution in [1.82, 2.24) is 0 Å². The van der Waals surface area contributed by atoms with Crippen molar-refractivity contribution in [3.63, 3.8) is 0 Å². The molecule has 0 aliphatic carbocycles. The summed E-state index contributed by atoms with van der Waals surface area (Å²) in [7, 11) is -7.42. The maximum absolute atomic E-state index is 12.2. The summed E-state index contributed by atoms with van der Waals surface area (Å²) in [5, 5.41) is -7.11. The van der Waals surface area contributed by atoms with Gasteiger partial charge in [0.15, 0.2) is 10.1 Å². The van der Waals surface area contributed by atoms with E-state index >= 15 is 0 Å². The molecule has 0 aliphatic heterocycles. The topological polar surface area (TPSA) is 57.2 Å². The van der Waals surface area contributed by atoms with Crippen LogP contribution in [-0.4, -0.2) is 66.9 Å². The minimum absolute atomic E-state index is 1.33. The maximum atomic E-state index is 12.2. The third-order valence-corrected chi connectivity index (χ3v) is 5.11. The average Bonchev–Trinajstić information content (AvgIpc) is 2.54. The fourth-order valence-electron chi connectivity index (χ4n) is 3.09. The molecule has 0 amide bonds. The van der Waals surface area contributed by atoms with Crippen LogP contribution in [0.3, 0.4) is 0 Å². The summed E-state index contributed by atoms with van der Waals surface area (Å²) in [6.45, 7) is 14.8. The smallest absolute Gasteiger partial charge is 0.460 e. The van der Waals surface area contributed by atoms with E-state index in [1.165, 1.54) is 56.3 Å². The monoisotopic (exact) mass is 485 g/mol. The van der Waals surface area contributed by atoms with Gasteiger partial charge in [0.2, 0.25) is 0 Å². The van der Waals surface area contributed by atoms with Crippen molar-refractivity contribution >= 4 is 10.1 Å². The summed E-state index contributed by atoms with van der Waals surface area (Å²) in [6.07, 6.45) is -1.83. The summed E-state index contributed by atoms with van der Waals surface area (Å²) >= 11 is 0. The molecule has 4 nitrogen and oxygen atoms in total. The first-order valence-corrected chi connectivity index (χ1v) is 10.7. The normalized spacial score (nSPS) is 14.3. The Morgan fingerprint density at radius 2 is 0.900 bits per heavy atom. The molecule has 0 radical (unpaired) electrons. The van der Waals surface area contributed by atoms with Crippen LogP contribution in [0.15, 0.2) is 0 Å². The zero-order valence-electron chi connectivity index (χ0n) is 17.1. The highest BCUT2D eigenvalue weighted by Gasteiger charge is 2.83. The first-order valence-electron chi connectivity index (χ1n) is 9.25. The Hall–Kier alpha value is -0.760. The molecule has 0 fully saturated rings. The van der Waals surface area contributed by atoms with E-state index in [1.54, 1.807) is 0 Å². The van der Waals surface area contributed by atoms with Gasteiger partial charge in [0.05, 0.1) is 26.2 Å². The van der Waals surface area contributed by atoms with Crippen molar-refractivity contribution in [2.75, 3.05) is 26.2 Å². The Kier molecular flexibility index (Phi) is 11.7. The first-order chi connectivity index (χ1) is 13.2. The van der Waals surface area contributed by atoms with E-state index in [4.69, 9.17) is 0 Å². The standard InChI is InChI=1S/C12H28N.C4HF9O3S/c1-5-9-13(10-6-2,11-7-3)12-8-4;5-1(6,3(9,10)11)2(7,8)4(12,13)17(14,15)16/h5-12H2,1-4H3;(H,14,15,16)/q+1;/p-1. The molecular weight excluding hydrogens is 457 g/mol. The lowest BCUT2D eigenvalue weighted by molar-refractivity contribution is -0.928. The Morgan fingerprint density at radius 3 is 1.07 bits per heavy atom. The first kappa shape index (κ1) is 31.4. The molecule has 0 aromatic rings. The Morgan fingerprint density at radius 1 is 0.633 bits per heavy atom. The van der Waals surface area contributed by atoms with Gasteiger partial charge in [0.25, 0.3) is 0 Å². The molecule has 0 aromatic heterocycles. The van der Waals surface area contributed by atoms with Crippen LogP contribution in [-0.2, 0) is 10.1 Å². The zero-order chi connectivity index (χ0) is 24.7. The van der Waals surface area contributed by atoms with Crippen LogP contribution in [0.2, 0.25) is 0 Å². The van der Waals surface area contributed by atoms with E-state index < -0.39 is 33.4 Å². The summed E-state index contributed by atoms with van der Waals surface area (Å²) in [4.78, 5) is 0. The molecule has 14 heteroatoms. The molecule has 0 bridgehead atoms. The molecule has 0 aliphatic rings. The highest BCUT2D eigenvalue weighted by molar-refractivity contribution is 7.86. The van der Waals surface area contributed by atoms with Crippen molar-refractivity contribution in [3.8, 4) is 0 Å². The van der Waals surface area contributed by atoms with Crippen molar-refractivity contribution in [3.05, 3.63) is 0 Å². The molecule has 0 spiro atoms. The summed E-state index contributed by atoms with van der Waals surface area (Å²) in [5.74, 6) is -14.8. The molecule has 0 N–H and O–H groups in total. The van der Waals surface area contributed by atoms with Gasteiger partial charge in [-0.25, -0.2) is 8.42 Å². The van der Waals surface area contributed by atoms with Gasteiger partial charge in [0.1, 0.15) is 0 Å². The number of hydrogen-bond donors (Lipinski definition) is 0. The summed E-state index contributed by atoms with van der Waals surface area (Å²) < 4.78 is 137. The largest absolute Gasteiger partial charge is 0.743 e. The van der Waals surface area contributed by atoms with Gasteiger partial charge in [-0.3, -0.25) is 0 Å². The number of nitrogens with zero attached hydrogens (tertiary/aromatic N) is 1. The highest BCUT2D eigenvalue weighted by atomic mass is 32.2. The van der Waals surface area contributed by atoms with E-state index in [2.05, 4.69) is 27.7 Å². The van der Waals surface area contributed by atoms with Crippen LogP contribution in [0.4, 0.5) is 39.5 Å². The van der Waals surface area contributed by atoms with Gasteiger partial charge in [0, 0.05) is 0 Å². The number of halogens is 9. The molecule has 0 saturated heterocycles. The van der Waals surface area contributed by atoms with Crippen molar-refractivity contribution in [2.45, 2.75) is 76.7 Å². The van der Waals surface area contributed by atoms with Crippen LogP contribution in [0.25, 0.3) is 0 Å². The summed E-state index contributed by atoms with van der Waals surface area (Å²) in [6, 6.07) is 0. The predicted octanol–water partition coefficient (Wildman–Crippen LogP) is 5.40. The second-order valence-corrected chi connectivity index (χ2v) is 8.27. The molecule has 184 valence electrons. The minimum Gasteiger partial charge on any atom is -0.743 e. The fourth-order valence-corrected chi connectivity index (χ4v) is 3.53. The Bertz CT molecular complexity index is 578. The minimum atomic E-state index is -7.43. The number of alkyl halides is 9. The van der Waals surface area contributed by atoms with Gasteiger partial charge in [-0.2, -0.15) is 39.5 Å². The average molecular weight is 485 g/mol. The lowest BCUT2D eigenvalue weighted by Gasteiger charge is -2.38. The van der Waals surface area contributed by atoms with Crippen molar-refractivity contribution in [2.24, 2.45) is 0 Å². The second-order valence-electron chi connectivity index (χ2n) is 6.85. The Balaban J connectivity index is 0. The van der Waals surface area contributed by atoms with E-state index in [0.29, 0.717) is 0 Å². The van der Waals surface area contributed by atoms with Gasteiger partial charge in [-0.1, -0.05) is 27.7 Å². The van der Waals surface area contributed by atoms with Crippen LogP contribution < -0.4 is 0 Å². The lowest BCUT2D eigenvalue weighted by Crippen LogP contribution is -2.63. The van der Waals surface area contributed by atoms with E-state index in [0.717, 1.165) is 0 Å². The van der Waals surface area contributed by atoms with E-state index in [9.17, 15) is 52.5 Å². The number of rotatable bonds is 11. The third kappa shape index (κ3) is 7.14. The van der Waals surface area contributed by atoms with Gasteiger partial charge < -0.3 is 9.04 Å².